The maximum atomic E-state index is 14.7. The number of hydrogen-bond acceptors (Lipinski definition) is 3. The smallest absolute Gasteiger partial charge is 0.327 e. The van der Waals surface area contributed by atoms with Gasteiger partial charge in [-0.3, -0.25) is 0 Å². The van der Waals surface area contributed by atoms with Gasteiger partial charge in [-0.1, -0.05) is 78.1 Å². The van der Waals surface area contributed by atoms with Crippen LogP contribution in [0.5, 0.6) is 0 Å². The molecule has 0 saturated carbocycles. The molecule has 1 unspecified atom stereocenters. The lowest BCUT2D eigenvalue weighted by Crippen LogP contribution is -2.61. The van der Waals surface area contributed by atoms with Crippen LogP contribution in [0, 0.1) is 5.41 Å². The second-order valence-electron chi connectivity index (χ2n) is 7.76. The second kappa shape index (κ2) is 15.5. The molecule has 0 aromatic heterocycles. The van der Waals surface area contributed by atoms with E-state index >= 15 is 0 Å². The van der Waals surface area contributed by atoms with E-state index in [2.05, 4.69) is 13.8 Å². The van der Waals surface area contributed by atoms with E-state index in [1.807, 2.05) is 0 Å². The quantitative estimate of drug-likeness (QED) is 0.155. The van der Waals surface area contributed by atoms with Crippen molar-refractivity contribution in [3.8, 4) is 0 Å². The minimum absolute atomic E-state index is 0.0330. The number of rotatable bonds is 19. The molecule has 176 valence electrons. The highest BCUT2D eigenvalue weighted by Gasteiger charge is 2.69. The zero-order valence-corrected chi connectivity index (χ0v) is 19.5. The summed E-state index contributed by atoms with van der Waals surface area (Å²) in [6.45, 7) is 9.56. The summed E-state index contributed by atoms with van der Waals surface area (Å²) in [7, 11) is 0. The summed E-state index contributed by atoms with van der Waals surface area (Å²) in [4.78, 5) is 0. The predicted octanol–water partition coefficient (Wildman–Crippen LogP) is 8.02. The van der Waals surface area contributed by atoms with Crippen LogP contribution in [0.15, 0.2) is 0 Å². The molecule has 0 rings (SSSR count). The summed E-state index contributed by atoms with van der Waals surface area (Å²) in [5, 5.41) is 0. The van der Waals surface area contributed by atoms with E-state index in [4.69, 9.17) is 14.2 Å². The van der Waals surface area contributed by atoms with Crippen LogP contribution in [0.3, 0.4) is 0 Å². The summed E-state index contributed by atoms with van der Waals surface area (Å²) in [6, 6.07) is 0. The monoisotopic (exact) mass is 426 g/mol. The van der Waals surface area contributed by atoms with Crippen molar-refractivity contribution in [2.45, 2.75) is 124 Å². The van der Waals surface area contributed by atoms with Crippen molar-refractivity contribution in [3.63, 3.8) is 0 Å². The van der Waals surface area contributed by atoms with Gasteiger partial charge in [0.25, 0.3) is 5.97 Å². The van der Waals surface area contributed by atoms with E-state index in [1.165, 1.54) is 0 Å². The zero-order chi connectivity index (χ0) is 22.2. The maximum Gasteiger partial charge on any atom is 0.402 e. The molecule has 0 aliphatic carbocycles. The molecule has 0 aromatic carbocycles. The zero-order valence-electron chi connectivity index (χ0n) is 19.5. The first-order chi connectivity index (χ1) is 13.8. The first-order valence-electron chi connectivity index (χ1n) is 11.8. The SMILES string of the molecule is CCCCCCCCC(CCCCCC)(C(F)(F)F)C(OCC)(OCC)OCC. The van der Waals surface area contributed by atoms with E-state index in [1.54, 1.807) is 20.8 Å². The van der Waals surface area contributed by atoms with Crippen LogP contribution in [0.4, 0.5) is 13.2 Å². The van der Waals surface area contributed by atoms with Gasteiger partial charge in [0.2, 0.25) is 0 Å². The Morgan fingerprint density at radius 2 is 0.862 bits per heavy atom. The number of unbranched alkanes of at least 4 members (excludes halogenated alkanes) is 8. The van der Waals surface area contributed by atoms with Crippen molar-refractivity contribution < 1.29 is 27.4 Å². The molecule has 0 heterocycles. The van der Waals surface area contributed by atoms with Gasteiger partial charge in [-0.2, -0.15) is 13.2 Å². The predicted molar refractivity (Wildman–Crippen MR) is 113 cm³/mol. The number of ether oxygens (including phenoxy) is 3. The van der Waals surface area contributed by atoms with Crippen LogP contribution in [-0.4, -0.2) is 32.0 Å². The van der Waals surface area contributed by atoms with Gasteiger partial charge in [0.15, 0.2) is 0 Å². The molecule has 0 aliphatic heterocycles. The van der Waals surface area contributed by atoms with Crippen molar-refractivity contribution in [1.29, 1.82) is 0 Å². The Hall–Kier alpha value is -0.330. The van der Waals surface area contributed by atoms with Gasteiger partial charge in [-0.15, -0.1) is 0 Å². The summed E-state index contributed by atoms with van der Waals surface area (Å²) in [5.74, 6) is -2.08. The molecule has 1 atom stereocenters. The summed E-state index contributed by atoms with van der Waals surface area (Å²) < 4.78 is 61.3. The third kappa shape index (κ3) is 8.74. The van der Waals surface area contributed by atoms with Crippen LogP contribution in [-0.2, 0) is 14.2 Å². The molecule has 0 N–H and O–H groups in total. The molecule has 0 radical (unpaired) electrons. The van der Waals surface area contributed by atoms with E-state index in [-0.39, 0.29) is 32.7 Å². The van der Waals surface area contributed by atoms with Crippen LogP contribution >= 0.6 is 0 Å². The largest absolute Gasteiger partial charge is 0.402 e. The van der Waals surface area contributed by atoms with Gasteiger partial charge >= 0.3 is 6.18 Å². The van der Waals surface area contributed by atoms with Gasteiger partial charge in [0, 0.05) is 19.8 Å². The molecule has 0 bridgehead atoms. The van der Waals surface area contributed by atoms with Crippen molar-refractivity contribution in [1.82, 2.24) is 0 Å². The molecular weight excluding hydrogens is 381 g/mol. The fraction of sp³-hybridized carbons (Fsp3) is 1.00. The molecule has 3 nitrogen and oxygen atoms in total. The van der Waals surface area contributed by atoms with Gasteiger partial charge < -0.3 is 14.2 Å². The van der Waals surface area contributed by atoms with Crippen molar-refractivity contribution in [2.75, 3.05) is 19.8 Å². The fourth-order valence-electron chi connectivity index (χ4n) is 4.06. The number of alkyl halides is 3. The topological polar surface area (TPSA) is 27.7 Å². The van der Waals surface area contributed by atoms with E-state index in [9.17, 15) is 13.2 Å². The molecule has 0 aliphatic rings. The first-order valence-corrected chi connectivity index (χ1v) is 11.8. The highest BCUT2D eigenvalue weighted by molar-refractivity contribution is 4.95. The fourth-order valence-corrected chi connectivity index (χ4v) is 4.06. The third-order valence-corrected chi connectivity index (χ3v) is 5.55. The van der Waals surface area contributed by atoms with Gasteiger partial charge in [-0.25, -0.2) is 0 Å². The Morgan fingerprint density at radius 3 is 1.21 bits per heavy atom. The van der Waals surface area contributed by atoms with Gasteiger partial charge in [-0.05, 0) is 33.6 Å². The Morgan fingerprint density at radius 1 is 0.517 bits per heavy atom. The normalized spacial score (nSPS) is 14.9. The lowest BCUT2D eigenvalue weighted by Gasteiger charge is -2.49. The van der Waals surface area contributed by atoms with Crippen LogP contribution < -0.4 is 0 Å². The lowest BCUT2D eigenvalue weighted by molar-refractivity contribution is -0.471. The molecule has 6 heteroatoms. The average molecular weight is 427 g/mol. The summed E-state index contributed by atoms with van der Waals surface area (Å²) in [6.07, 6.45) is 4.15. The van der Waals surface area contributed by atoms with Gasteiger partial charge in [0.1, 0.15) is 5.41 Å². The Kier molecular flexibility index (Phi) is 15.3. The Labute approximate surface area is 177 Å². The van der Waals surface area contributed by atoms with Crippen molar-refractivity contribution >= 4 is 0 Å². The summed E-state index contributed by atoms with van der Waals surface area (Å²) in [5.41, 5.74) is -2.17. The molecule has 0 amide bonds. The molecular formula is C23H45F3O3. The van der Waals surface area contributed by atoms with E-state index in [0.29, 0.717) is 12.8 Å². The first kappa shape index (κ1) is 28.7. The minimum atomic E-state index is -4.48. The molecule has 0 saturated heterocycles. The van der Waals surface area contributed by atoms with Crippen LogP contribution in [0.2, 0.25) is 0 Å². The molecule has 0 aromatic rings. The van der Waals surface area contributed by atoms with Crippen LogP contribution in [0.1, 0.15) is 112 Å². The minimum Gasteiger partial charge on any atom is -0.327 e. The highest BCUT2D eigenvalue weighted by atomic mass is 19.4. The van der Waals surface area contributed by atoms with Crippen molar-refractivity contribution in [3.05, 3.63) is 0 Å². The van der Waals surface area contributed by atoms with Crippen molar-refractivity contribution in [2.24, 2.45) is 5.41 Å². The third-order valence-electron chi connectivity index (χ3n) is 5.55. The average Bonchev–Trinajstić information content (AvgIpc) is 2.65. The van der Waals surface area contributed by atoms with Crippen LogP contribution in [0.25, 0.3) is 0 Å². The molecule has 0 spiro atoms. The standard InChI is InChI=1S/C23H45F3O3/c1-6-11-13-15-16-18-20-21(22(24,25)26,19-17-14-12-7-2)23(27-8-3,28-9-4)29-10-5/h6-20H2,1-5H3. The second-order valence-corrected chi connectivity index (χ2v) is 7.76. The Bertz CT molecular complexity index is 371. The number of hydrogen-bond donors (Lipinski definition) is 0. The highest BCUT2D eigenvalue weighted by Crippen LogP contribution is 2.56. The maximum absolute atomic E-state index is 14.7. The van der Waals surface area contributed by atoms with E-state index in [0.717, 1.165) is 51.4 Å². The lowest BCUT2D eigenvalue weighted by atomic mass is 9.74. The summed E-state index contributed by atoms with van der Waals surface area (Å²) >= 11 is 0. The molecule has 29 heavy (non-hydrogen) atoms. The number of halogens is 3. The molecule has 0 fully saturated rings. The van der Waals surface area contributed by atoms with E-state index < -0.39 is 17.6 Å². The Balaban J connectivity index is 5.81. The van der Waals surface area contributed by atoms with Gasteiger partial charge in [0.05, 0.1) is 0 Å².